The zero-order valence-electron chi connectivity index (χ0n) is 27.0. The van der Waals surface area contributed by atoms with Crippen LogP contribution in [0.15, 0.2) is 72.8 Å². The highest BCUT2D eigenvalue weighted by Gasteiger charge is 2.21. The van der Waals surface area contributed by atoms with Crippen LogP contribution in [0.3, 0.4) is 0 Å². The van der Waals surface area contributed by atoms with Crippen molar-refractivity contribution in [2.24, 2.45) is 0 Å². The van der Waals surface area contributed by atoms with Crippen LogP contribution in [0, 0.1) is 20.2 Å². The maximum atomic E-state index is 11.8. The summed E-state index contributed by atoms with van der Waals surface area (Å²) in [6.45, 7) is 2.06. The third-order valence-electron chi connectivity index (χ3n) is 7.50. The average Bonchev–Trinajstić information content (AvgIpc) is 3.78. The van der Waals surface area contributed by atoms with E-state index in [1.807, 2.05) is 12.1 Å². The first-order chi connectivity index (χ1) is 23.6. The van der Waals surface area contributed by atoms with Crippen molar-refractivity contribution in [3.05, 3.63) is 104 Å². The zero-order chi connectivity index (χ0) is 35.3. The van der Waals surface area contributed by atoms with Crippen LogP contribution in [0.4, 0.5) is 11.4 Å². The number of carbonyl (C=O) groups is 2. The number of non-ortho nitro benzene ring substituents is 2. The predicted octanol–water partition coefficient (Wildman–Crippen LogP) is 6.88. The second-order valence-electron chi connectivity index (χ2n) is 10.8. The number of pyridine rings is 2. The number of hydrogen-bond donors (Lipinski definition) is 1. The lowest BCUT2D eigenvalue weighted by atomic mass is 10.1. The Bertz CT molecular complexity index is 1810. The van der Waals surface area contributed by atoms with E-state index in [1.165, 1.54) is 31.4 Å². The van der Waals surface area contributed by atoms with Gasteiger partial charge in [0.05, 0.1) is 42.0 Å². The van der Waals surface area contributed by atoms with Crippen molar-refractivity contribution in [2.45, 2.75) is 45.0 Å². The van der Waals surface area contributed by atoms with Gasteiger partial charge in [-0.05, 0) is 37.1 Å². The van der Waals surface area contributed by atoms with Gasteiger partial charge >= 0.3 is 0 Å². The zero-order valence-corrected chi connectivity index (χ0v) is 28.6. The molecule has 2 fully saturated rings. The molecule has 0 atom stereocenters. The lowest BCUT2D eigenvalue weighted by Crippen LogP contribution is -2.24. The molecule has 2 aliphatic heterocycles. The van der Waals surface area contributed by atoms with E-state index in [9.17, 15) is 29.8 Å². The van der Waals surface area contributed by atoms with E-state index >= 15 is 0 Å². The quantitative estimate of drug-likeness (QED) is 0.108. The van der Waals surface area contributed by atoms with E-state index in [-0.39, 0.29) is 30.6 Å². The number of likely N-dealkylation sites (tertiary alicyclic amines) is 1. The van der Waals surface area contributed by atoms with Gasteiger partial charge in [0.25, 0.3) is 11.4 Å². The first-order valence-electron chi connectivity index (χ1n) is 15.3. The molecule has 0 aliphatic carbocycles. The number of rotatable bonds is 9. The van der Waals surface area contributed by atoms with E-state index < -0.39 is 9.85 Å². The predicted molar refractivity (Wildman–Crippen MR) is 192 cm³/mol. The Kier molecular flexibility index (Phi) is 14.8. The molecule has 4 aromatic rings. The minimum atomic E-state index is -0.442. The molecule has 1 N–H and O–H groups in total. The molecule has 0 bridgehead atoms. The highest BCUT2D eigenvalue weighted by Crippen LogP contribution is 2.32. The summed E-state index contributed by atoms with van der Waals surface area (Å²) in [6.07, 6.45) is 3.21. The maximum absolute atomic E-state index is 11.8. The van der Waals surface area contributed by atoms with Crippen LogP contribution < -0.4 is 14.8 Å². The molecule has 0 spiro atoms. The fourth-order valence-corrected chi connectivity index (χ4v) is 5.36. The molecular weight excluding hydrogens is 712 g/mol. The molecular formula is C35H39BrN6O8. The van der Waals surface area contributed by atoms with Crippen molar-refractivity contribution >= 4 is 39.1 Å². The number of ether oxygens (including phenoxy) is 2. The number of halogens is 1. The summed E-state index contributed by atoms with van der Waals surface area (Å²) in [6, 6.07) is 19.8. The summed E-state index contributed by atoms with van der Waals surface area (Å²) in [4.78, 5) is 53.6. The minimum Gasteiger partial charge on any atom is -0.494 e. The van der Waals surface area contributed by atoms with Crippen molar-refractivity contribution in [3.8, 4) is 34.0 Å². The molecule has 0 unspecified atom stereocenters. The number of nitro groups is 2. The highest BCUT2D eigenvalue weighted by molar-refractivity contribution is 9.08. The lowest BCUT2D eigenvalue weighted by molar-refractivity contribution is -0.385. The number of benzene rings is 2. The molecule has 2 aromatic heterocycles. The van der Waals surface area contributed by atoms with Gasteiger partial charge in [-0.2, -0.15) is 0 Å². The number of alkyl halides is 1. The second-order valence-corrected chi connectivity index (χ2v) is 11.4. The Morgan fingerprint density at radius 3 is 1.74 bits per heavy atom. The number of carbonyl (C=O) groups excluding carboxylic acids is 2. The van der Waals surface area contributed by atoms with Gasteiger partial charge in [0.2, 0.25) is 11.8 Å². The van der Waals surface area contributed by atoms with E-state index in [2.05, 4.69) is 31.2 Å². The Labute approximate surface area is 298 Å². The third-order valence-corrected chi connectivity index (χ3v) is 8.07. The van der Waals surface area contributed by atoms with E-state index in [4.69, 9.17) is 9.47 Å². The first kappa shape index (κ1) is 39.0. The summed E-state index contributed by atoms with van der Waals surface area (Å²) in [7, 11) is 3.08. The van der Waals surface area contributed by atoms with Crippen LogP contribution in [0.25, 0.3) is 22.5 Å². The first-order valence-corrected chi connectivity index (χ1v) is 16.4. The van der Waals surface area contributed by atoms with Crippen molar-refractivity contribution in [3.63, 3.8) is 0 Å². The van der Waals surface area contributed by atoms with Crippen LogP contribution in [0.1, 0.15) is 44.5 Å². The van der Waals surface area contributed by atoms with Gasteiger partial charge in [0.1, 0.15) is 22.9 Å². The largest absolute Gasteiger partial charge is 0.494 e. The number of aromatic nitrogens is 2. The number of hydrogen-bond acceptors (Lipinski definition) is 10. The van der Waals surface area contributed by atoms with Gasteiger partial charge in [-0.1, -0.05) is 47.6 Å². The SMILES string of the molecule is C.COc1ccc(CBr)nc1-c1cccc([N+](=O)[O-])c1.COc1ccc(CN2CCCC2=O)nc1-c1cccc([N+](=O)[O-])c1.O=C1CCCN1. The fraction of sp³-hybridized carbons (Fsp3) is 0.314. The second kappa shape index (κ2) is 18.9. The van der Waals surface area contributed by atoms with Crippen molar-refractivity contribution in [2.75, 3.05) is 27.3 Å². The van der Waals surface area contributed by atoms with Crippen molar-refractivity contribution in [1.82, 2.24) is 20.2 Å². The summed E-state index contributed by atoms with van der Waals surface area (Å²) in [5, 5.41) is 25.1. The topological polar surface area (TPSA) is 180 Å². The summed E-state index contributed by atoms with van der Waals surface area (Å²) in [5.41, 5.74) is 4.00. The van der Waals surface area contributed by atoms with Gasteiger partial charge in [0.15, 0.2) is 0 Å². The molecule has 264 valence electrons. The van der Waals surface area contributed by atoms with E-state index in [1.54, 1.807) is 48.4 Å². The lowest BCUT2D eigenvalue weighted by Gasteiger charge is -2.16. The number of nitrogens with one attached hydrogen (secondary N) is 1. The molecule has 2 saturated heterocycles. The van der Waals surface area contributed by atoms with E-state index in [0.29, 0.717) is 52.3 Å². The number of methoxy groups -OCH3 is 2. The molecule has 50 heavy (non-hydrogen) atoms. The molecule has 0 radical (unpaired) electrons. The maximum Gasteiger partial charge on any atom is 0.270 e. The Morgan fingerprint density at radius 2 is 1.34 bits per heavy atom. The molecule has 2 aliphatic rings. The molecule has 2 aromatic carbocycles. The van der Waals surface area contributed by atoms with Crippen LogP contribution >= 0.6 is 15.9 Å². The average molecular weight is 752 g/mol. The van der Waals surface area contributed by atoms with Gasteiger partial charge in [-0.15, -0.1) is 0 Å². The Hall–Kier alpha value is -5.44. The van der Waals surface area contributed by atoms with Crippen LogP contribution in [-0.4, -0.2) is 63.8 Å². The number of nitrogens with zero attached hydrogens (tertiary/aromatic N) is 5. The van der Waals surface area contributed by atoms with Gasteiger partial charge in [0, 0.05) is 66.7 Å². The normalized spacial score (nSPS) is 13.1. The molecule has 14 nitrogen and oxygen atoms in total. The minimum absolute atomic E-state index is 0. The van der Waals surface area contributed by atoms with Crippen LogP contribution in [-0.2, 0) is 21.5 Å². The molecule has 15 heteroatoms. The molecule has 6 rings (SSSR count). The standard InChI is InChI=1S/C17H17N3O4.C13H11BrN2O3.C4H7NO.CH4/c1-24-15-8-7-13(11-19-9-3-6-16(19)21)18-17(15)12-4-2-5-14(10-12)20(22)23;1-19-12-6-5-10(8-14)15-13(12)9-3-2-4-11(7-9)16(17)18;6-4-2-1-3-5-4;/h2,4-5,7-8,10H,3,6,9,11H2,1H3;2-7H,8H2,1H3;1-3H2,(H,5,6);1H4. The molecule has 4 heterocycles. The van der Waals surface area contributed by atoms with Crippen molar-refractivity contribution in [1.29, 1.82) is 0 Å². The third kappa shape index (κ3) is 10.5. The Morgan fingerprint density at radius 1 is 0.800 bits per heavy atom. The number of amides is 2. The molecule has 0 saturated carbocycles. The molecule has 2 amide bonds. The smallest absolute Gasteiger partial charge is 0.270 e. The van der Waals surface area contributed by atoms with Crippen LogP contribution in [0.2, 0.25) is 0 Å². The van der Waals surface area contributed by atoms with Gasteiger partial charge in [-0.3, -0.25) is 29.8 Å². The number of nitro benzene ring substituents is 2. The summed E-state index contributed by atoms with van der Waals surface area (Å²) < 4.78 is 10.6. The highest BCUT2D eigenvalue weighted by atomic mass is 79.9. The summed E-state index contributed by atoms with van der Waals surface area (Å²) >= 11 is 3.34. The van der Waals surface area contributed by atoms with Crippen LogP contribution in [0.5, 0.6) is 11.5 Å². The summed E-state index contributed by atoms with van der Waals surface area (Å²) in [5.74, 6) is 1.46. The van der Waals surface area contributed by atoms with Crippen molar-refractivity contribution < 1.29 is 28.9 Å². The van der Waals surface area contributed by atoms with Gasteiger partial charge < -0.3 is 19.7 Å². The fourth-order valence-electron chi connectivity index (χ4n) is 5.04. The monoisotopic (exact) mass is 750 g/mol. The van der Waals surface area contributed by atoms with E-state index in [0.717, 1.165) is 43.7 Å². The van der Waals surface area contributed by atoms with Gasteiger partial charge in [-0.25, -0.2) is 9.97 Å². The Balaban J connectivity index is 0.000000232.